The summed E-state index contributed by atoms with van der Waals surface area (Å²) < 4.78 is 10.9. The minimum Gasteiger partial charge on any atom is -0.496 e. The standard InChI is InChI=1S/C23H28N2O4/c1-15-8-9-16-6-4-5-7-18(16)25(15)22(27)14-24-12-17-20(28-2)10-11-21(29-3)23(17)19(26)13-24/h4-7,10-11,15,19,26H,8-9,12-14H2,1-3H3. The predicted octanol–water partition coefficient (Wildman–Crippen LogP) is 2.92. The molecule has 154 valence electrons. The summed E-state index contributed by atoms with van der Waals surface area (Å²) in [4.78, 5) is 17.2. The number of carbonyl (C=O) groups excluding carboxylic acids is 1. The van der Waals surface area contributed by atoms with Gasteiger partial charge in [0.05, 0.1) is 26.9 Å². The number of aliphatic hydroxyl groups excluding tert-OH is 1. The van der Waals surface area contributed by atoms with Crippen LogP contribution in [0.25, 0.3) is 0 Å². The van der Waals surface area contributed by atoms with E-state index in [1.807, 2.05) is 40.1 Å². The van der Waals surface area contributed by atoms with E-state index in [4.69, 9.17) is 9.47 Å². The van der Waals surface area contributed by atoms with Gasteiger partial charge >= 0.3 is 0 Å². The number of nitrogens with zero attached hydrogens (tertiary/aromatic N) is 2. The highest BCUT2D eigenvalue weighted by molar-refractivity contribution is 5.96. The van der Waals surface area contributed by atoms with Crippen LogP contribution in [0.4, 0.5) is 5.69 Å². The smallest absolute Gasteiger partial charge is 0.241 e. The van der Waals surface area contributed by atoms with Crippen molar-refractivity contribution in [3.63, 3.8) is 0 Å². The van der Waals surface area contributed by atoms with Crippen LogP contribution in [0.15, 0.2) is 36.4 Å². The minimum atomic E-state index is -0.734. The number of para-hydroxylation sites is 1. The van der Waals surface area contributed by atoms with Crippen molar-refractivity contribution >= 4 is 11.6 Å². The van der Waals surface area contributed by atoms with Gasteiger partial charge in [0, 0.05) is 35.9 Å². The molecule has 2 aliphatic rings. The lowest BCUT2D eigenvalue weighted by atomic mass is 9.94. The molecule has 2 aromatic carbocycles. The molecule has 2 aliphatic heterocycles. The molecule has 1 amide bonds. The van der Waals surface area contributed by atoms with Gasteiger partial charge in [-0.2, -0.15) is 0 Å². The third kappa shape index (κ3) is 3.58. The number of aryl methyl sites for hydroxylation is 1. The summed E-state index contributed by atoms with van der Waals surface area (Å²) in [5.74, 6) is 1.41. The van der Waals surface area contributed by atoms with E-state index in [9.17, 15) is 9.90 Å². The van der Waals surface area contributed by atoms with Crippen LogP contribution < -0.4 is 14.4 Å². The first-order chi connectivity index (χ1) is 14.0. The van der Waals surface area contributed by atoms with Crippen molar-refractivity contribution < 1.29 is 19.4 Å². The zero-order valence-electron chi connectivity index (χ0n) is 17.2. The first kappa shape index (κ1) is 19.7. The quantitative estimate of drug-likeness (QED) is 0.861. The van der Waals surface area contributed by atoms with Gasteiger partial charge in [-0.05, 0) is 43.5 Å². The molecule has 2 heterocycles. The molecule has 6 nitrogen and oxygen atoms in total. The van der Waals surface area contributed by atoms with E-state index in [0.717, 1.165) is 29.7 Å². The first-order valence-electron chi connectivity index (χ1n) is 10.1. The normalized spacial score (nSPS) is 21.3. The number of benzene rings is 2. The molecule has 0 spiro atoms. The van der Waals surface area contributed by atoms with Gasteiger partial charge in [-0.25, -0.2) is 0 Å². The van der Waals surface area contributed by atoms with E-state index in [1.165, 1.54) is 5.56 Å². The SMILES string of the molecule is COc1ccc(OC)c2c1CN(CC(=O)N1c3ccccc3CCC1C)CC2O. The second-order valence-corrected chi connectivity index (χ2v) is 7.83. The van der Waals surface area contributed by atoms with E-state index in [-0.39, 0.29) is 18.5 Å². The summed E-state index contributed by atoms with van der Waals surface area (Å²) in [6, 6.07) is 11.9. The molecule has 0 aliphatic carbocycles. The van der Waals surface area contributed by atoms with Crippen molar-refractivity contribution in [2.75, 3.05) is 32.2 Å². The van der Waals surface area contributed by atoms with Crippen molar-refractivity contribution in [1.29, 1.82) is 0 Å². The number of hydrogen-bond donors (Lipinski definition) is 1. The number of amides is 1. The second-order valence-electron chi connectivity index (χ2n) is 7.83. The number of ether oxygens (including phenoxy) is 2. The Morgan fingerprint density at radius 1 is 1.14 bits per heavy atom. The fraction of sp³-hybridized carbons (Fsp3) is 0.435. The molecule has 2 aromatic rings. The van der Waals surface area contributed by atoms with E-state index in [0.29, 0.717) is 24.6 Å². The lowest BCUT2D eigenvalue weighted by Gasteiger charge is -2.38. The zero-order valence-corrected chi connectivity index (χ0v) is 17.2. The number of carbonyl (C=O) groups is 1. The zero-order chi connectivity index (χ0) is 20.5. The van der Waals surface area contributed by atoms with Gasteiger partial charge in [-0.15, -0.1) is 0 Å². The van der Waals surface area contributed by atoms with Crippen LogP contribution in [-0.4, -0.2) is 49.3 Å². The molecule has 0 saturated heterocycles. The molecule has 2 atom stereocenters. The highest BCUT2D eigenvalue weighted by Crippen LogP contribution is 2.39. The molecule has 0 radical (unpaired) electrons. The largest absolute Gasteiger partial charge is 0.496 e. The lowest BCUT2D eigenvalue weighted by Crippen LogP contribution is -2.48. The van der Waals surface area contributed by atoms with Crippen molar-refractivity contribution in [1.82, 2.24) is 4.90 Å². The molecule has 2 unspecified atom stereocenters. The van der Waals surface area contributed by atoms with E-state index in [2.05, 4.69) is 13.0 Å². The fourth-order valence-corrected chi connectivity index (χ4v) is 4.60. The van der Waals surface area contributed by atoms with Crippen LogP contribution >= 0.6 is 0 Å². The Labute approximate surface area is 171 Å². The number of rotatable bonds is 4. The van der Waals surface area contributed by atoms with Crippen LogP contribution in [0.3, 0.4) is 0 Å². The van der Waals surface area contributed by atoms with Gasteiger partial charge in [0.2, 0.25) is 5.91 Å². The average molecular weight is 396 g/mol. The molecule has 29 heavy (non-hydrogen) atoms. The number of methoxy groups -OCH3 is 2. The van der Waals surface area contributed by atoms with Gasteiger partial charge in [0.15, 0.2) is 0 Å². The number of β-amino-alcohol motifs (C(OH)–C–C–N with tert-alkyl or cyclic N) is 1. The maximum Gasteiger partial charge on any atom is 0.241 e. The maximum absolute atomic E-state index is 13.3. The van der Waals surface area contributed by atoms with Gasteiger partial charge in [-0.3, -0.25) is 9.69 Å². The number of aliphatic hydroxyl groups is 1. The van der Waals surface area contributed by atoms with Crippen LogP contribution in [0.5, 0.6) is 11.5 Å². The lowest BCUT2D eigenvalue weighted by molar-refractivity contribution is -0.120. The minimum absolute atomic E-state index is 0.0576. The molecule has 1 N–H and O–H groups in total. The summed E-state index contributed by atoms with van der Waals surface area (Å²) in [5.41, 5.74) is 3.86. The van der Waals surface area contributed by atoms with Crippen LogP contribution in [0, 0.1) is 0 Å². The highest BCUT2D eigenvalue weighted by Gasteiger charge is 2.33. The molecule has 4 rings (SSSR count). The fourth-order valence-electron chi connectivity index (χ4n) is 4.60. The molecule has 0 aromatic heterocycles. The van der Waals surface area contributed by atoms with E-state index in [1.54, 1.807) is 14.2 Å². The third-order valence-electron chi connectivity index (χ3n) is 6.01. The number of fused-ring (bicyclic) bond motifs is 2. The Morgan fingerprint density at radius 2 is 1.86 bits per heavy atom. The number of hydrogen-bond acceptors (Lipinski definition) is 5. The topological polar surface area (TPSA) is 62.2 Å². The Bertz CT molecular complexity index is 914. The van der Waals surface area contributed by atoms with E-state index >= 15 is 0 Å². The van der Waals surface area contributed by atoms with Crippen molar-refractivity contribution in [2.45, 2.75) is 38.5 Å². The van der Waals surface area contributed by atoms with Crippen molar-refractivity contribution in [3.8, 4) is 11.5 Å². The molecule has 6 heteroatoms. The van der Waals surface area contributed by atoms with Gasteiger partial charge in [0.1, 0.15) is 11.5 Å². The van der Waals surface area contributed by atoms with Crippen LogP contribution in [-0.2, 0) is 17.8 Å². The summed E-state index contributed by atoms with van der Waals surface area (Å²) in [7, 11) is 3.21. The molecular formula is C23H28N2O4. The maximum atomic E-state index is 13.3. The van der Waals surface area contributed by atoms with Crippen LogP contribution in [0.1, 0.15) is 36.1 Å². The first-order valence-corrected chi connectivity index (χ1v) is 10.1. The van der Waals surface area contributed by atoms with Gasteiger partial charge in [-0.1, -0.05) is 18.2 Å². The Morgan fingerprint density at radius 3 is 2.62 bits per heavy atom. The molecule has 0 saturated carbocycles. The summed E-state index contributed by atoms with van der Waals surface area (Å²) in [6.45, 7) is 3.26. The summed E-state index contributed by atoms with van der Waals surface area (Å²) in [6.07, 6.45) is 1.22. The number of anilines is 1. The Hall–Kier alpha value is -2.57. The molecular weight excluding hydrogens is 368 g/mol. The third-order valence-corrected chi connectivity index (χ3v) is 6.01. The molecule has 0 bridgehead atoms. The van der Waals surface area contributed by atoms with Gasteiger partial charge < -0.3 is 19.5 Å². The monoisotopic (exact) mass is 396 g/mol. The Kier molecular flexibility index (Phi) is 5.48. The van der Waals surface area contributed by atoms with Crippen molar-refractivity contribution in [3.05, 3.63) is 53.1 Å². The van der Waals surface area contributed by atoms with Crippen molar-refractivity contribution in [2.24, 2.45) is 0 Å². The average Bonchev–Trinajstić information content (AvgIpc) is 2.72. The summed E-state index contributed by atoms with van der Waals surface area (Å²) >= 11 is 0. The van der Waals surface area contributed by atoms with E-state index < -0.39 is 6.10 Å². The van der Waals surface area contributed by atoms with Crippen LogP contribution in [0.2, 0.25) is 0 Å². The highest BCUT2D eigenvalue weighted by atomic mass is 16.5. The Balaban J connectivity index is 1.58. The van der Waals surface area contributed by atoms with Gasteiger partial charge in [0.25, 0.3) is 0 Å². The molecule has 0 fully saturated rings. The second kappa shape index (κ2) is 8.05. The summed E-state index contributed by atoms with van der Waals surface area (Å²) in [5, 5.41) is 10.8. The predicted molar refractivity (Wildman–Crippen MR) is 111 cm³/mol.